The summed E-state index contributed by atoms with van der Waals surface area (Å²) in [7, 11) is 0. The molecule has 1 saturated heterocycles. The molecule has 9 heteroatoms. The molecule has 6 nitrogen and oxygen atoms in total. The highest BCUT2D eigenvalue weighted by Crippen LogP contribution is 2.38. The first-order chi connectivity index (χ1) is 11.9. The van der Waals surface area contributed by atoms with Gasteiger partial charge in [-0.25, -0.2) is 22.6 Å². The van der Waals surface area contributed by atoms with Crippen LogP contribution in [0.15, 0.2) is 30.3 Å². The van der Waals surface area contributed by atoms with E-state index in [1.807, 2.05) is 0 Å². The first-order valence-corrected chi connectivity index (χ1v) is 7.50. The number of aldehydes is 1. The van der Waals surface area contributed by atoms with Crippen molar-refractivity contribution in [3.63, 3.8) is 0 Å². The molecule has 0 bridgehead atoms. The summed E-state index contributed by atoms with van der Waals surface area (Å²) in [6, 6.07) is 4.73. The molecule has 25 heavy (non-hydrogen) atoms. The lowest BCUT2D eigenvalue weighted by atomic mass is 9.99. The number of alkyl halides is 2. The van der Waals surface area contributed by atoms with Gasteiger partial charge in [0, 0.05) is 6.07 Å². The van der Waals surface area contributed by atoms with Crippen molar-refractivity contribution in [1.29, 1.82) is 0 Å². The van der Waals surface area contributed by atoms with Gasteiger partial charge in [-0.2, -0.15) is 5.10 Å². The minimum Gasteiger partial charge on any atom is -0.461 e. The molecule has 1 aromatic carbocycles. The molecular formula is C16H14F3N3O3. The lowest BCUT2D eigenvalue weighted by Gasteiger charge is -2.45. The summed E-state index contributed by atoms with van der Waals surface area (Å²) < 4.78 is 46.3. The van der Waals surface area contributed by atoms with Crippen LogP contribution in [0, 0.1) is 5.82 Å². The normalized spacial score (nSPS) is 18.6. The Morgan fingerprint density at radius 1 is 1.40 bits per heavy atom. The molecule has 0 spiro atoms. The molecule has 2 heterocycles. The van der Waals surface area contributed by atoms with Crippen molar-refractivity contribution in [1.82, 2.24) is 9.78 Å². The number of anilines is 1. The number of esters is 1. The predicted molar refractivity (Wildman–Crippen MR) is 81.6 cm³/mol. The highest BCUT2D eigenvalue weighted by Gasteiger charge is 2.56. The lowest BCUT2D eigenvalue weighted by molar-refractivity contribution is -0.125. The molecule has 3 rings (SSSR count). The van der Waals surface area contributed by atoms with Gasteiger partial charge in [-0.05, 0) is 31.2 Å². The number of nitrogens with zero attached hydrogens (tertiary/aromatic N) is 3. The van der Waals surface area contributed by atoms with E-state index in [4.69, 9.17) is 4.74 Å². The van der Waals surface area contributed by atoms with Gasteiger partial charge in [0.1, 0.15) is 17.9 Å². The van der Waals surface area contributed by atoms with Crippen molar-refractivity contribution in [3.05, 3.63) is 41.8 Å². The van der Waals surface area contributed by atoms with Gasteiger partial charge < -0.3 is 14.4 Å². The van der Waals surface area contributed by atoms with Gasteiger partial charge in [0.05, 0.1) is 18.8 Å². The zero-order valence-corrected chi connectivity index (χ0v) is 13.2. The molecule has 1 aliphatic rings. The van der Waals surface area contributed by atoms with Crippen molar-refractivity contribution in [2.45, 2.75) is 18.9 Å². The molecule has 0 radical (unpaired) electrons. The van der Waals surface area contributed by atoms with E-state index < -0.39 is 30.3 Å². The topological polar surface area (TPSA) is 64.4 Å². The van der Waals surface area contributed by atoms with Gasteiger partial charge in [0.15, 0.2) is 11.7 Å². The average molecular weight is 353 g/mol. The minimum absolute atomic E-state index is 0.0963. The van der Waals surface area contributed by atoms with Crippen LogP contribution in [0.5, 0.6) is 0 Å². The first kappa shape index (κ1) is 17.0. The van der Waals surface area contributed by atoms with Crippen molar-refractivity contribution in [2.75, 3.05) is 18.1 Å². The number of ether oxygens (including phenoxy) is 1. The van der Waals surface area contributed by atoms with E-state index in [2.05, 4.69) is 5.10 Å². The number of rotatable bonds is 5. The maximum absolute atomic E-state index is 13.6. The van der Waals surface area contributed by atoms with E-state index in [-0.39, 0.29) is 24.4 Å². The second-order valence-corrected chi connectivity index (χ2v) is 5.47. The Balaban J connectivity index is 2.05. The van der Waals surface area contributed by atoms with E-state index >= 15 is 0 Å². The Bertz CT molecular complexity index is 805. The number of aromatic nitrogens is 2. The van der Waals surface area contributed by atoms with E-state index in [0.717, 1.165) is 4.90 Å². The largest absolute Gasteiger partial charge is 0.461 e. The van der Waals surface area contributed by atoms with Crippen LogP contribution >= 0.6 is 0 Å². The summed E-state index contributed by atoms with van der Waals surface area (Å²) in [6.45, 7) is 1.05. The van der Waals surface area contributed by atoms with Gasteiger partial charge in [0.25, 0.3) is 5.92 Å². The van der Waals surface area contributed by atoms with E-state index in [1.54, 1.807) is 6.92 Å². The number of hydrogen-bond acceptors (Lipinski definition) is 5. The van der Waals surface area contributed by atoms with Gasteiger partial charge in [-0.3, -0.25) is 0 Å². The Hall–Kier alpha value is -2.84. The second-order valence-electron chi connectivity index (χ2n) is 5.47. The van der Waals surface area contributed by atoms with Crippen molar-refractivity contribution >= 4 is 18.1 Å². The third kappa shape index (κ3) is 2.97. The molecule has 0 amide bonds. The molecule has 1 aromatic heterocycles. The second kappa shape index (κ2) is 6.23. The fourth-order valence-corrected chi connectivity index (χ4v) is 2.58. The summed E-state index contributed by atoms with van der Waals surface area (Å²) in [5, 5.41) is 4.07. The van der Waals surface area contributed by atoms with E-state index in [0.29, 0.717) is 5.69 Å². The number of halogens is 3. The summed E-state index contributed by atoms with van der Waals surface area (Å²) >= 11 is 0. The average Bonchev–Trinajstić information content (AvgIpc) is 2.99. The molecule has 1 fully saturated rings. The summed E-state index contributed by atoms with van der Waals surface area (Å²) in [5.41, 5.74) is 0.257. The molecular weight excluding hydrogens is 339 g/mol. The maximum atomic E-state index is 13.6. The minimum atomic E-state index is -3.16. The highest BCUT2D eigenvalue weighted by atomic mass is 19.3. The summed E-state index contributed by atoms with van der Waals surface area (Å²) in [6.07, 6.45) is 0.148. The SMILES string of the molecule is CCOC(=O)c1cc(N2CC(F)(F)C2C=O)n(-c2ccc(F)cc2)n1. The monoisotopic (exact) mass is 353 g/mol. The first-order valence-electron chi connectivity index (χ1n) is 7.50. The van der Waals surface area contributed by atoms with Crippen LogP contribution in [0.25, 0.3) is 5.69 Å². The Morgan fingerprint density at radius 2 is 2.08 bits per heavy atom. The number of hydrogen-bond donors (Lipinski definition) is 0. The molecule has 1 atom stereocenters. The summed E-state index contributed by atoms with van der Waals surface area (Å²) in [5.74, 6) is -4.24. The fourth-order valence-electron chi connectivity index (χ4n) is 2.58. The zero-order chi connectivity index (χ0) is 18.2. The van der Waals surface area contributed by atoms with Crippen LogP contribution in [0.3, 0.4) is 0 Å². The third-order valence-electron chi connectivity index (χ3n) is 3.82. The Labute approximate surface area is 140 Å². The highest BCUT2D eigenvalue weighted by molar-refractivity contribution is 5.89. The van der Waals surface area contributed by atoms with Crippen LogP contribution < -0.4 is 4.90 Å². The number of benzene rings is 1. The van der Waals surface area contributed by atoms with Gasteiger partial charge in [-0.1, -0.05) is 0 Å². The molecule has 2 aromatic rings. The van der Waals surface area contributed by atoms with E-state index in [9.17, 15) is 22.8 Å². The van der Waals surface area contributed by atoms with E-state index in [1.165, 1.54) is 35.0 Å². The molecule has 0 N–H and O–H groups in total. The lowest BCUT2D eigenvalue weighted by Crippen LogP contribution is -2.66. The van der Waals surface area contributed by atoms with Crippen molar-refractivity contribution in [3.8, 4) is 5.69 Å². The predicted octanol–water partition coefficient (Wildman–Crippen LogP) is 2.21. The van der Waals surface area contributed by atoms with Gasteiger partial charge in [0.2, 0.25) is 0 Å². The number of carbonyl (C=O) groups excluding carboxylic acids is 2. The molecule has 0 saturated carbocycles. The summed E-state index contributed by atoms with van der Waals surface area (Å²) in [4.78, 5) is 24.1. The smallest absolute Gasteiger partial charge is 0.358 e. The van der Waals surface area contributed by atoms with Crippen LogP contribution in [0.4, 0.5) is 19.0 Å². The number of carbonyl (C=O) groups is 2. The standard InChI is InChI=1S/C16H14F3N3O3/c1-2-25-15(24)12-7-14(21-9-16(18,19)13(21)8-23)22(20-12)11-5-3-10(17)4-6-11/h3-8,13H,2,9H2,1H3. The van der Waals surface area contributed by atoms with Gasteiger partial charge >= 0.3 is 5.97 Å². The van der Waals surface area contributed by atoms with Crippen LogP contribution in [-0.4, -0.2) is 47.2 Å². The zero-order valence-electron chi connectivity index (χ0n) is 13.2. The third-order valence-corrected chi connectivity index (χ3v) is 3.82. The van der Waals surface area contributed by atoms with Crippen LogP contribution in [0.2, 0.25) is 0 Å². The van der Waals surface area contributed by atoms with Crippen LogP contribution in [0.1, 0.15) is 17.4 Å². The van der Waals surface area contributed by atoms with Crippen molar-refractivity contribution in [2.24, 2.45) is 0 Å². The van der Waals surface area contributed by atoms with Crippen molar-refractivity contribution < 1.29 is 27.5 Å². The van der Waals surface area contributed by atoms with Gasteiger partial charge in [-0.15, -0.1) is 0 Å². The Kier molecular flexibility index (Phi) is 4.23. The Morgan fingerprint density at radius 3 is 2.64 bits per heavy atom. The molecule has 1 unspecified atom stereocenters. The molecule has 0 aliphatic carbocycles. The fraction of sp³-hybridized carbons (Fsp3) is 0.312. The molecule has 1 aliphatic heterocycles. The maximum Gasteiger partial charge on any atom is 0.358 e. The quantitative estimate of drug-likeness (QED) is 0.609. The molecule has 132 valence electrons. The van der Waals surface area contributed by atoms with Crippen LogP contribution in [-0.2, 0) is 9.53 Å².